The van der Waals surface area contributed by atoms with Gasteiger partial charge in [-0.2, -0.15) is 0 Å². The number of carbonyl (C=O) groups excluding carboxylic acids is 1. The number of phenols is 1. The fourth-order valence-electron chi connectivity index (χ4n) is 3.09. The summed E-state index contributed by atoms with van der Waals surface area (Å²) in [5.74, 6) is 1.79. The molecule has 3 N–H and O–H groups in total. The molecule has 29 heavy (non-hydrogen) atoms. The first-order valence-corrected chi connectivity index (χ1v) is 9.83. The number of hydrogen-bond donors (Lipinski definition) is 3. The lowest BCUT2D eigenvalue weighted by Crippen LogP contribution is -2.54. The molecule has 1 amide bonds. The van der Waals surface area contributed by atoms with Crippen molar-refractivity contribution in [3.63, 3.8) is 0 Å². The molecule has 0 radical (unpaired) electrons. The van der Waals surface area contributed by atoms with Crippen LogP contribution >= 0.6 is 24.0 Å². The summed E-state index contributed by atoms with van der Waals surface area (Å²) in [6, 6.07) is 5.31. The highest BCUT2D eigenvalue weighted by atomic mass is 127. The standard InChI is InChI=1S/C20H33N5O3.HI/c1-5-21-20(22-13-16-12-17(28-4)6-7-18(16)26)25-10-8-24(9-11-25)14-19(27)23-15(2)3;/h6-7,12,15,26H,5,8-11,13-14H2,1-4H3,(H,21,22)(H,23,27);1H. The molecule has 164 valence electrons. The SMILES string of the molecule is CCNC(=NCc1cc(OC)ccc1O)N1CCN(CC(=O)NC(C)C)CC1.I. The van der Waals surface area contributed by atoms with E-state index in [1.54, 1.807) is 25.3 Å². The van der Waals surface area contributed by atoms with E-state index in [9.17, 15) is 9.90 Å². The van der Waals surface area contributed by atoms with Gasteiger partial charge in [-0.05, 0) is 39.0 Å². The van der Waals surface area contributed by atoms with Gasteiger partial charge in [0.1, 0.15) is 11.5 Å². The van der Waals surface area contributed by atoms with Gasteiger partial charge in [-0.1, -0.05) is 0 Å². The van der Waals surface area contributed by atoms with Crippen LogP contribution in [0.2, 0.25) is 0 Å². The minimum atomic E-state index is 0. The monoisotopic (exact) mass is 519 g/mol. The molecule has 1 aliphatic rings. The average Bonchev–Trinajstić information content (AvgIpc) is 2.66. The van der Waals surface area contributed by atoms with E-state index in [-0.39, 0.29) is 41.7 Å². The molecule has 0 bridgehead atoms. The quantitative estimate of drug-likeness (QED) is 0.289. The summed E-state index contributed by atoms with van der Waals surface area (Å²) in [6.07, 6.45) is 0. The molecular weight excluding hydrogens is 485 g/mol. The van der Waals surface area contributed by atoms with Crippen LogP contribution in [0.5, 0.6) is 11.5 Å². The van der Waals surface area contributed by atoms with Crippen LogP contribution in [0.4, 0.5) is 0 Å². The predicted octanol–water partition coefficient (Wildman–Crippen LogP) is 1.63. The molecule has 9 heteroatoms. The number of nitrogens with one attached hydrogen (secondary N) is 2. The van der Waals surface area contributed by atoms with Gasteiger partial charge in [-0.25, -0.2) is 4.99 Å². The summed E-state index contributed by atoms with van der Waals surface area (Å²) >= 11 is 0. The zero-order chi connectivity index (χ0) is 20.5. The molecule has 0 saturated carbocycles. The van der Waals surface area contributed by atoms with Crippen LogP contribution in [0, 0.1) is 0 Å². The van der Waals surface area contributed by atoms with E-state index >= 15 is 0 Å². The number of carbonyl (C=O) groups is 1. The first kappa shape index (κ1) is 25.3. The minimum absolute atomic E-state index is 0. The van der Waals surface area contributed by atoms with Gasteiger partial charge in [0.2, 0.25) is 5.91 Å². The van der Waals surface area contributed by atoms with Crippen molar-refractivity contribution in [2.24, 2.45) is 4.99 Å². The number of guanidine groups is 1. The molecule has 0 aromatic heterocycles. The Morgan fingerprint density at radius 3 is 2.55 bits per heavy atom. The first-order valence-electron chi connectivity index (χ1n) is 9.83. The van der Waals surface area contributed by atoms with Crippen molar-refractivity contribution < 1.29 is 14.6 Å². The Kier molecular flexibility index (Phi) is 11.1. The Bertz CT molecular complexity index is 676. The number of rotatable bonds is 7. The van der Waals surface area contributed by atoms with Crippen molar-refractivity contribution in [1.29, 1.82) is 0 Å². The third kappa shape index (κ3) is 8.25. The normalized spacial score (nSPS) is 15.1. The fourth-order valence-corrected chi connectivity index (χ4v) is 3.09. The molecule has 1 aliphatic heterocycles. The van der Waals surface area contributed by atoms with Crippen LogP contribution in [0.15, 0.2) is 23.2 Å². The average molecular weight is 519 g/mol. The van der Waals surface area contributed by atoms with Crippen LogP contribution in [0.3, 0.4) is 0 Å². The largest absolute Gasteiger partial charge is 0.508 e. The highest BCUT2D eigenvalue weighted by Gasteiger charge is 2.21. The van der Waals surface area contributed by atoms with E-state index in [4.69, 9.17) is 4.74 Å². The van der Waals surface area contributed by atoms with Crippen molar-refractivity contribution in [1.82, 2.24) is 20.4 Å². The van der Waals surface area contributed by atoms with Gasteiger partial charge < -0.3 is 25.4 Å². The molecule has 0 aliphatic carbocycles. The molecular formula is C20H34IN5O3. The summed E-state index contributed by atoms with van der Waals surface area (Å²) in [5.41, 5.74) is 0.721. The summed E-state index contributed by atoms with van der Waals surface area (Å²) in [7, 11) is 1.60. The number of hydrogen-bond acceptors (Lipinski definition) is 5. The number of ether oxygens (including phenoxy) is 1. The van der Waals surface area contributed by atoms with Gasteiger partial charge >= 0.3 is 0 Å². The summed E-state index contributed by atoms with van der Waals surface area (Å²) < 4.78 is 5.22. The molecule has 1 aromatic carbocycles. The smallest absolute Gasteiger partial charge is 0.234 e. The maximum Gasteiger partial charge on any atom is 0.234 e. The molecule has 8 nitrogen and oxygen atoms in total. The van der Waals surface area contributed by atoms with Crippen LogP contribution in [0.1, 0.15) is 26.3 Å². The summed E-state index contributed by atoms with van der Waals surface area (Å²) in [5, 5.41) is 16.3. The summed E-state index contributed by atoms with van der Waals surface area (Å²) in [4.78, 5) is 21.0. The van der Waals surface area contributed by atoms with Crippen molar-refractivity contribution in [2.75, 3.05) is 46.4 Å². The van der Waals surface area contributed by atoms with Gasteiger partial charge in [0.15, 0.2) is 5.96 Å². The molecule has 0 spiro atoms. The number of aliphatic imine (C=N–C) groups is 1. The van der Waals surface area contributed by atoms with Crippen LogP contribution in [-0.4, -0.2) is 79.2 Å². The van der Waals surface area contributed by atoms with Gasteiger partial charge in [0, 0.05) is 44.3 Å². The lowest BCUT2D eigenvalue weighted by molar-refractivity contribution is -0.123. The first-order chi connectivity index (χ1) is 13.4. The van der Waals surface area contributed by atoms with Crippen LogP contribution in [-0.2, 0) is 11.3 Å². The number of piperazine rings is 1. The third-order valence-corrected chi connectivity index (χ3v) is 4.51. The Balaban J connectivity index is 0.00000420. The van der Waals surface area contributed by atoms with E-state index in [0.717, 1.165) is 44.2 Å². The van der Waals surface area contributed by atoms with Crippen molar-refractivity contribution in [2.45, 2.75) is 33.4 Å². The zero-order valence-electron chi connectivity index (χ0n) is 17.8. The molecule has 0 unspecified atom stereocenters. The predicted molar refractivity (Wildman–Crippen MR) is 126 cm³/mol. The fraction of sp³-hybridized carbons (Fsp3) is 0.600. The Morgan fingerprint density at radius 2 is 1.97 bits per heavy atom. The van der Waals surface area contributed by atoms with E-state index in [1.165, 1.54) is 0 Å². The number of nitrogens with zero attached hydrogens (tertiary/aromatic N) is 3. The molecule has 1 aromatic rings. The van der Waals surface area contributed by atoms with Crippen LogP contribution < -0.4 is 15.4 Å². The number of methoxy groups -OCH3 is 1. The third-order valence-electron chi connectivity index (χ3n) is 4.51. The van der Waals surface area contributed by atoms with Gasteiger partial charge in [0.05, 0.1) is 20.2 Å². The van der Waals surface area contributed by atoms with Gasteiger partial charge in [-0.3, -0.25) is 9.69 Å². The van der Waals surface area contributed by atoms with E-state index in [0.29, 0.717) is 18.8 Å². The second-order valence-corrected chi connectivity index (χ2v) is 7.15. The van der Waals surface area contributed by atoms with E-state index in [1.807, 2.05) is 20.8 Å². The van der Waals surface area contributed by atoms with Crippen molar-refractivity contribution in [3.8, 4) is 11.5 Å². The minimum Gasteiger partial charge on any atom is -0.508 e. The van der Waals surface area contributed by atoms with E-state index < -0.39 is 0 Å². The number of benzene rings is 1. The van der Waals surface area contributed by atoms with Crippen molar-refractivity contribution in [3.05, 3.63) is 23.8 Å². The number of phenolic OH excluding ortho intramolecular Hbond substituents is 1. The van der Waals surface area contributed by atoms with E-state index in [2.05, 4.69) is 25.4 Å². The Morgan fingerprint density at radius 1 is 1.28 bits per heavy atom. The lowest BCUT2D eigenvalue weighted by atomic mass is 10.2. The maximum absolute atomic E-state index is 11.9. The van der Waals surface area contributed by atoms with Gasteiger partial charge in [0.25, 0.3) is 0 Å². The second kappa shape index (κ2) is 12.7. The van der Waals surface area contributed by atoms with Crippen molar-refractivity contribution >= 4 is 35.8 Å². The lowest BCUT2D eigenvalue weighted by Gasteiger charge is -2.36. The number of amides is 1. The second-order valence-electron chi connectivity index (χ2n) is 7.15. The topological polar surface area (TPSA) is 89.4 Å². The summed E-state index contributed by atoms with van der Waals surface area (Å²) in [6.45, 7) is 10.7. The number of halogens is 1. The molecule has 2 rings (SSSR count). The molecule has 1 heterocycles. The molecule has 1 fully saturated rings. The maximum atomic E-state index is 11.9. The zero-order valence-corrected chi connectivity index (χ0v) is 20.1. The van der Waals surface area contributed by atoms with Crippen LogP contribution in [0.25, 0.3) is 0 Å². The molecule has 1 saturated heterocycles. The highest BCUT2D eigenvalue weighted by Crippen LogP contribution is 2.23. The Hall–Kier alpha value is -1.75. The van der Waals surface area contributed by atoms with Gasteiger partial charge in [-0.15, -0.1) is 24.0 Å². The molecule has 0 atom stereocenters. The Labute approximate surface area is 190 Å². The highest BCUT2D eigenvalue weighted by molar-refractivity contribution is 14.0. The number of aromatic hydroxyl groups is 1.